The van der Waals surface area contributed by atoms with E-state index in [0.717, 1.165) is 23.3 Å². The van der Waals surface area contributed by atoms with Crippen LogP contribution in [0.1, 0.15) is 49.2 Å². The maximum atomic E-state index is 13.4. The first-order chi connectivity index (χ1) is 14.9. The predicted octanol–water partition coefficient (Wildman–Crippen LogP) is 3.84. The zero-order valence-electron chi connectivity index (χ0n) is 17.4. The number of rotatable bonds is 5. The summed E-state index contributed by atoms with van der Waals surface area (Å²) in [4.78, 5) is 29.1. The molecule has 1 aromatic carbocycles. The van der Waals surface area contributed by atoms with Gasteiger partial charge in [-0.3, -0.25) is 14.5 Å². The number of thiophene rings is 1. The number of benzene rings is 1. The minimum atomic E-state index is -1.44. The number of aliphatic hydroxyl groups is 1. The number of nitrogens with zero attached hydrogens (tertiary/aromatic N) is 1. The fourth-order valence-electron chi connectivity index (χ4n) is 5.87. The molecule has 5 rings (SSSR count). The van der Waals surface area contributed by atoms with Gasteiger partial charge in [-0.05, 0) is 48.4 Å². The molecule has 31 heavy (non-hydrogen) atoms. The zero-order chi connectivity index (χ0) is 21.8. The van der Waals surface area contributed by atoms with Crippen molar-refractivity contribution in [3.05, 3.63) is 52.2 Å². The Balaban J connectivity index is 1.48. The lowest BCUT2D eigenvalue weighted by Gasteiger charge is -2.44. The van der Waals surface area contributed by atoms with Crippen LogP contribution >= 0.6 is 11.3 Å². The van der Waals surface area contributed by atoms with E-state index >= 15 is 0 Å². The lowest BCUT2D eigenvalue weighted by Crippen LogP contribution is -2.53. The summed E-state index contributed by atoms with van der Waals surface area (Å²) in [6.07, 6.45) is 2.08. The van der Waals surface area contributed by atoms with Gasteiger partial charge in [-0.2, -0.15) is 0 Å². The summed E-state index contributed by atoms with van der Waals surface area (Å²) in [6, 6.07) is 10.7. The first-order valence-electron chi connectivity index (χ1n) is 11.0. The molecule has 0 spiro atoms. The van der Waals surface area contributed by atoms with Crippen LogP contribution in [0, 0.1) is 23.7 Å². The molecule has 0 bridgehead atoms. The summed E-state index contributed by atoms with van der Waals surface area (Å²) < 4.78 is 6.26. The molecule has 0 radical (unpaired) electrons. The highest BCUT2D eigenvalue weighted by atomic mass is 32.1. The number of amides is 2. The second kappa shape index (κ2) is 7.73. The lowest BCUT2D eigenvalue weighted by molar-refractivity contribution is -0.270. The Kier molecular flexibility index (Phi) is 5.15. The van der Waals surface area contributed by atoms with Gasteiger partial charge in [0.05, 0.1) is 24.5 Å². The van der Waals surface area contributed by atoms with E-state index in [1.807, 2.05) is 23.6 Å². The van der Waals surface area contributed by atoms with Crippen LogP contribution in [-0.2, 0) is 20.9 Å². The molecule has 3 heterocycles. The van der Waals surface area contributed by atoms with Crippen LogP contribution in [-0.4, -0.2) is 32.7 Å². The number of aromatic hydroxyl groups is 1. The molecular formula is C24H27NO5S. The molecule has 164 valence electrons. The number of fused-ring (bicyclic) bond motifs is 3. The molecule has 0 unspecified atom stereocenters. The van der Waals surface area contributed by atoms with Crippen LogP contribution < -0.4 is 0 Å². The highest BCUT2D eigenvalue weighted by Crippen LogP contribution is 2.59. The van der Waals surface area contributed by atoms with Crippen molar-refractivity contribution in [2.45, 2.75) is 51.0 Å². The monoisotopic (exact) mass is 441 g/mol. The van der Waals surface area contributed by atoms with Crippen molar-refractivity contribution < 1.29 is 24.5 Å². The average Bonchev–Trinajstić information content (AvgIpc) is 3.43. The van der Waals surface area contributed by atoms with Crippen LogP contribution in [0.3, 0.4) is 0 Å². The molecule has 6 atom stereocenters. The third-order valence-electron chi connectivity index (χ3n) is 7.23. The largest absolute Gasteiger partial charge is 0.508 e. The number of imide groups is 1. The second-order valence-electron chi connectivity index (χ2n) is 8.99. The summed E-state index contributed by atoms with van der Waals surface area (Å²) in [5.41, 5.74) is 0.779. The van der Waals surface area contributed by atoms with E-state index in [1.54, 1.807) is 18.2 Å². The number of likely N-dealkylation sites (tertiary alicyclic amines) is 1. The third-order valence-corrected chi connectivity index (χ3v) is 8.09. The van der Waals surface area contributed by atoms with E-state index in [2.05, 4.69) is 6.92 Å². The highest BCUT2D eigenvalue weighted by molar-refractivity contribution is 7.09. The predicted molar refractivity (Wildman–Crippen MR) is 115 cm³/mol. The Morgan fingerprint density at radius 1 is 1.19 bits per heavy atom. The fourth-order valence-corrected chi connectivity index (χ4v) is 6.56. The summed E-state index contributed by atoms with van der Waals surface area (Å²) >= 11 is 1.53. The first kappa shape index (κ1) is 20.7. The molecule has 3 fully saturated rings. The Labute approximate surface area is 185 Å². The van der Waals surface area contributed by atoms with E-state index < -0.39 is 29.6 Å². The molecule has 2 amide bonds. The standard InChI is InChI=1S/C24H27NO5S/c1-2-5-15-11-18-21(23(28)25(22(18)27)13-17-8-4-9-31-17)19-12-20(30-24(15,19)29)14-6-3-7-16(26)10-14/h3-4,6-10,15,18-21,26,29H,2,5,11-13H2,1H3/t15-,18-,19-,20-,21-,24+/m0/s1. The topological polar surface area (TPSA) is 87.1 Å². The molecular weight excluding hydrogens is 414 g/mol. The second-order valence-corrected chi connectivity index (χ2v) is 10.0. The van der Waals surface area contributed by atoms with E-state index in [0.29, 0.717) is 19.4 Å². The van der Waals surface area contributed by atoms with Crippen molar-refractivity contribution in [2.24, 2.45) is 23.7 Å². The van der Waals surface area contributed by atoms with Crippen molar-refractivity contribution in [3.63, 3.8) is 0 Å². The van der Waals surface area contributed by atoms with Gasteiger partial charge in [0.15, 0.2) is 5.79 Å². The van der Waals surface area contributed by atoms with Gasteiger partial charge in [0.25, 0.3) is 0 Å². The van der Waals surface area contributed by atoms with Gasteiger partial charge in [0.2, 0.25) is 11.8 Å². The molecule has 7 heteroatoms. The van der Waals surface area contributed by atoms with E-state index in [-0.39, 0.29) is 23.5 Å². The number of carbonyl (C=O) groups excluding carboxylic acids is 2. The van der Waals surface area contributed by atoms with Crippen molar-refractivity contribution in [2.75, 3.05) is 0 Å². The van der Waals surface area contributed by atoms with Gasteiger partial charge in [-0.25, -0.2) is 0 Å². The molecule has 2 aliphatic heterocycles. The number of ether oxygens (including phenoxy) is 1. The highest BCUT2D eigenvalue weighted by Gasteiger charge is 2.66. The zero-order valence-corrected chi connectivity index (χ0v) is 18.3. The molecule has 6 nitrogen and oxygen atoms in total. The minimum absolute atomic E-state index is 0.118. The van der Waals surface area contributed by atoms with Crippen LogP contribution in [0.25, 0.3) is 0 Å². The number of carbonyl (C=O) groups is 2. The molecule has 1 aromatic heterocycles. The lowest BCUT2D eigenvalue weighted by atomic mass is 9.63. The van der Waals surface area contributed by atoms with Crippen molar-refractivity contribution >= 4 is 23.2 Å². The molecule has 2 saturated heterocycles. The maximum Gasteiger partial charge on any atom is 0.233 e. The smallest absolute Gasteiger partial charge is 0.233 e. The van der Waals surface area contributed by atoms with Crippen molar-refractivity contribution in [3.8, 4) is 5.75 Å². The molecule has 3 aliphatic rings. The minimum Gasteiger partial charge on any atom is -0.508 e. The quantitative estimate of drug-likeness (QED) is 0.689. The number of hydrogen-bond acceptors (Lipinski definition) is 6. The molecule has 1 aliphatic carbocycles. The van der Waals surface area contributed by atoms with Gasteiger partial charge >= 0.3 is 0 Å². The van der Waals surface area contributed by atoms with Crippen LogP contribution in [0.4, 0.5) is 0 Å². The number of hydrogen-bond donors (Lipinski definition) is 2. The Morgan fingerprint density at radius 3 is 2.74 bits per heavy atom. The number of phenolic OH excluding ortho intramolecular Hbond substituents is 1. The van der Waals surface area contributed by atoms with Gasteiger partial charge in [0, 0.05) is 16.7 Å². The summed E-state index contributed by atoms with van der Waals surface area (Å²) in [5.74, 6) is -3.23. The van der Waals surface area contributed by atoms with Gasteiger partial charge in [-0.15, -0.1) is 11.3 Å². The van der Waals surface area contributed by atoms with Gasteiger partial charge in [-0.1, -0.05) is 31.5 Å². The number of phenols is 1. The first-order valence-corrected chi connectivity index (χ1v) is 11.9. The van der Waals surface area contributed by atoms with Crippen LogP contribution in [0.15, 0.2) is 41.8 Å². The third kappa shape index (κ3) is 3.30. The summed E-state index contributed by atoms with van der Waals surface area (Å²) in [5, 5.41) is 23.6. The average molecular weight is 442 g/mol. The Morgan fingerprint density at radius 2 is 2.03 bits per heavy atom. The molecule has 1 saturated carbocycles. The Bertz CT molecular complexity index is 992. The van der Waals surface area contributed by atoms with Crippen LogP contribution in [0.5, 0.6) is 5.75 Å². The van der Waals surface area contributed by atoms with Gasteiger partial charge < -0.3 is 14.9 Å². The van der Waals surface area contributed by atoms with Gasteiger partial charge in [0.1, 0.15) is 5.75 Å². The van der Waals surface area contributed by atoms with Crippen molar-refractivity contribution in [1.29, 1.82) is 0 Å². The molecule has 2 N–H and O–H groups in total. The Hall–Kier alpha value is -2.22. The van der Waals surface area contributed by atoms with E-state index in [4.69, 9.17) is 4.74 Å². The maximum absolute atomic E-state index is 13.4. The SMILES string of the molecule is CCC[C@H]1C[C@@H]2C(=O)N(Cc3cccs3)C(=O)[C@@H]2[C@@H]2C[C@@H](c3cccc(O)c3)O[C@]12O. The van der Waals surface area contributed by atoms with Crippen LogP contribution in [0.2, 0.25) is 0 Å². The molecule has 2 aromatic rings. The normalized spacial score (nSPS) is 34.8. The fraction of sp³-hybridized carbons (Fsp3) is 0.500. The summed E-state index contributed by atoms with van der Waals surface area (Å²) in [7, 11) is 0. The van der Waals surface area contributed by atoms with E-state index in [9.17, 15) is 19.8 Å². The summed E-state index contributed by atoms with van der Waals surface area (Å²) in [6.45, 7) is 2.35. The van der Waals surface area contributed by atoms with E-state index in [1.165, 1.54) is 16.2 Å². The van der Waals surface area contributed by atoms with Crippen molar-refractivity contribution in [1.82, 2.24) is 4.90 Å².